The summed E-state index contributed by atoms with van der Waals surface area (Å²) in [5.74, 6) is 0.281. The van der Waals surface area contributed by atoms with E-state index in [1.165, 1.54) is 0 Å². The molecule has 2 aromatic rings. The second-order valence-electron chi connectivity index (χ2n) is 4.51. The van der Waals surface area contributed by atoms with E-state index in [2.05, 4.69) is 5.32 Å². The van der Waals surface area contributed by atoms with Crippen molar-refractivity contribution >= 4 is 17.5 Å². The average molecular weight is 305 g/mol. The molecule has 3 N–H and O–H groups in total. The van der Waals surface area contributed by atoms with Gasteiger partial charge in [-0.25, -0.2) is 0 Å². The smallest absolute Gasteiger partial charge is 0.239 e. The Morgan fingerprint density at radius 2 is 1.95 bits per heavy atom. The van der Waals surface area contributed by atoms with Gasteiger partial charge in [0.05, 0.1) is 0 Å². The van der Waals surface area contributed by atoms with Gasteiger partial charge in [-0.15, -0.1) is 0 Å². The Bertz CT molecular complexity index is 590. The molecule has 2 aromatic carbocycles. The highest BCUT2D eigenvalue weighted by atomic mass is 35.5. The Balaban J connectivity index is 1.85. The number of nitrogens with one attached hydrogen (secondary N) is 1. The lowest BCUT2D eigenvalue weighted by Crippen LogP contribution is -2.35. The van der Waals surface area contributed by atoms with E-state index in [1.54, 1.807) is 12.1 Å². The number of carbonyl (C=O) groups excluding carboxylic acids is 1. The van der Waals surface area contributed by atoms with Gasteiger partial charge in [-0.3, -0.25) is 10.1 Å². The third-order valence-electron chi connectivity index (χ3n) is 2.93. The normalized spacial score (nSPS) is 11.9. The van der Waals surface area contributed by atoms with Gasteiger partial charge in [0.1, 0.15) is 18.4 Å². The summed E-state index contributed by atoms with van der Waals surface area (Å²) >= 11 is 5.87. The molecule has 0 aliphatic carbocycles. The van der Waals surface area contributed by atoms with Crippen LogP contribution in [-0.4, -0.2) is 19.1 Å². The Labute approximate surface area is 128 Å². The van der Waals surface area contributed by atoms with E-state index in [4.69, 9.17) is 22.1 Å². The standard InChI is InChI=1S/C16H17ClN2O2/c17-13-7-4-8-14(11-13)21-10-9-19-15(16(18)20)12-5-2-1-3-6-12/h1-8,11,15,19H,9-10H2,(H2,18,20)/t15-/m1/s1. The zero-order valence-electron chi connectivity index (χ0n) is 11.5. The van der Waals surface area contributed by atoms with Crippen molar-refractivity contribution in [2.24, 2.45) is 5.73 Å². The fraction of sp³-hybridized carbons (Fsp3) is 0.188. The fourth-order valence-electron chi connectivity index (χ4n) is 1.96. The summed E-state index contributed by atoms with van der Waals surface area (Å²) in [4.78, 5) is 11.5. The van der Waals surface area contributed by atoms with Crippen LogP contribution in [0.1, 0.15) is 11.6 Å². The molecule has 1 atom stereocenters. The van der Waals surface area contributed by atoms with E-state index < -0.39 is 11.9 Å². The molecule has 5 heteroatoms. The molecule has 0 bridgehead atoms. The maximum absolute atomic E-state index is 11.5. The van der Waals surface area contributed by atoms with Crippen molar-refractivity contribution in [3.05, 3.63) is 65.2 Å². The monoisotopic (exact) mass is 304 g/mol. The summed E-state index contributed by atoms with van der Waals surface area (Å²) in [5.41, 5.74) is 6.26. The number of amides is 1. The number of hydrogen-bond donors (Lipinski definition) is 2. The molecule has 0 heterocycles. The third-order valence-corrected chi connectivity index (χ3v) is 3.17. The first-order chi connectivity index (χ1) is 10.2. The highest BCUT2D eigenvalue weighted by molar-refractivity contribution is 6.30. The Kier molecular flexibility index (Phi) is 5.60. The number of rotatable bonds is 7. The maximum atomic E-state index is 11.5. The minimum atomic E-state index is -0.519. The largest absolute Gasteiger partial charge is 0.492 e. The number of benzene rings is 2. The number of halogens is 1. The summed E-state index contributed by atoms with van der Waals surface area (Å²) in [6.07, 6.45) is 0. The molecular weight excluding hydrogens is 288 g/mol. The van der Waals surface area contributed by atoms with Gasteiger partial charge in [0, 0.05) is 11.6 Å². The van der Waals surface area contributed by atoms with E-state index in [0.29, 0.717) is 23.9 Å². The lowest BCUT2D eigenvalue weighted by atomic mass is 10.1. The molecular formula is C16H17ClN2O2. The van der Waals surface area contributed by atoms with Crippen LogP contribution in [0.2, 0.25) is 5.02 Å². The van der Waals surface area contributed by atoms with Crippen molar-refractivity contribution in [3.63, 3.8) is 0 Å². The molecule has 1 amide bonds. The van der Waals surface area contributed by atoms with Crippen LogP contribution in [0.25, 0.3) is 0 Å². The Morgan fingerprint density at radius 1 is 1.19 bits per heavy atom. The lowest BCUT2D eigenvalue weighted by Gasteiger charge is -2.16. The van der Waals surface area contributed by atoms with E-state index in [-0.39, 0.29) is 0 Å². The predicted octanol–water partition coefficient (Wildman–Crippen LogP) is 2.54. The van der Waals surface area contributed by atoms with Crippen LogP contribution in [0.4, 0.5) is 0 Å². The van der Waals surface area contributed by atoms with Crippen LogP contribution in [-0.2, 0) is 4.79 Å². The van der Waals surface area contributed by atoms with Crippen LogP contribution >= 0.6 is 11.6 Å². The Hall–Kier alpha value is -2.04. The molecule has 4 nitrogen and oxygen atoms in total. The van der Waals surface area contributed by atoms with Crippen molar-refractivity contribution in [1.29, 1.82) is 0 Å². The number of nitrogens with two attached hydrogens (primary N) is 1. The van der Waals surface area contributed by atoms with Gasteiger partial charge in [0.25, 0.3) is 0 Å². The number of primary amides is 1. The third kappa shape index (κ3) is 4.77. The fourth-order valence-corrected chi connectivity index (χ4v) is 2.14. The molecule has 2 rings (SSSR count). The van der Waals surface area contributed by atoms with Crippen molar-refractivity contribution in [2.45, 2.75) is 6.04 Å². The molecule has 0 aliphatic heterocycles. The van der Waals surface area contributed by atoms with Crippen molar-refractivity contribution in [2.75, 3.05) is 13.2 Å². The second kappa shape index (κ2) is 7.67. The first kappa shape index (κ1) is 15.4. The van der Waals surface area contributed by atoms with Crippen LogP contribution in [0, 0.1) is 0 Å². The molecule has 0 saturated carbocycles. The summed E-state index contributed by atoms with van der Waals surface area (Å²) in [6, 6.07) is 16.0. The van der Waals surface area contributed by atoms with Crippen molar-refractivity contribution in [1.82, 2.24) is 5.32 Å². The Morgan fingerprint density at radius 3 is 2.62 bits per heavy atom. The van der Waals surface area contributed by atoms with Gasteiger partial charge in [0.15, 0.2) is 0 Å². The van der Waals surface area contributed by atoms with Crippen LogP contribution in [0.3, 0.4) is 0 Å². The zero-order valence-corrected chi connectivity index (χ0v) is 12.2. The van der Waals surface area contributed by atoms with Crippen LogP contribution in [0.15, 0.2) is 54.6 Å². The molecule has 0 radical (unpaired) electrons. The molecule has 0 spiro atoms. The number of carbonyl (C=O) groups is 1. The SMILES string of the molecule is NC(=O)[C@H](NCCOc1cccc(Cl)c1)c1ccccc1. The van der Waals surface area contributed by atoms with Gasteiger partial charge in [0.2, 0.25) is 5.91 Å². The van der Waals surface area contributed by atoms with Crippen LogP contribution in [0.5, 0.6) is 5.75 Å². The van der Waals surface area contributed by atoms with E-state index in [0.717, 1.165) is 5.56 Å². The zero-order chi connectivity index (χ0) is 15.1. The number of ether oxygens (including phenoxy) is 1. The predicted molar refractivity (Wildman–Crippen MR) is 83.3 cm³/mol. The summed E-state index contributed by atoms with van der Waals surface area (Å²) in [5, 5.41) is 3.71. The molecule has 21 heavy (non-hydrogen) atoms. The van der Waals surface area contributed by atoms with Gasteiger partial charge in [-0.2, -0.15) is 0 Å². The highest BCUT2D eigenvalue weighted by Gasteiger charge is 2.16. The summed E-state index contributed by atoms with van der Waals surface area (Å²) in [6.45, 7) is 0.909. The topological polar surface area (TPSA) is 64.4 Å². The summed E-state index contributed by atoms with van der Waals surface area (Å²) in [7, 11) is 0. The molecule has 0 unspecified atom stereocenters. The molecule has 0 saturated heterocycles. The van der Waals surface area contributed by atoms with Crippen molar-refractivity contribution in [3.8, 4) is 5.75 Å². The lowest BCUT2D eigenvalue weighted by molar-refractivity contribution is -0.120. The van der Waals surface area contributed by atoms with E-state index in [9.17, 15) is 4.79 Å². The minimum Gasteiger partial charge on any atom is -0.492 e. The highest BCUT2D eigenvalue weighted by Crippen LogP contribution is 2.17. The van der Waals surface area contributed by atoms with Crippen LogP contribution < -0.4 is 15.8 Å². The minimum absolute atomic E-state index is 0.413. The van der Waals surface area contributed by atoms with Gasteiger partial charge in [-0.1, -0.05) is 48.0 Å². The second-order valence-corrected chi connectivity index (χ2v) is 4.94. The quantitative estimate of drug-likeness (QED) is 0.773. The maximum Gasteiger partial charge on any atom is 0.239 e. The van der Waals surface area contributed by atoms with E-state index >= 15 is 0 Å². The molecule has 110 valence electrons. The molecule has 0 aliphatic rings. The molecule has 0 fully saturated rings. The van der Waals surface area contributed by atoms with E-state index in [1.807, 2.05) is 42.5 Å². The summed E-state index contributed by atoms with van der Waals surface area (Å²) < 4.78 is 5.55. The number of hydrogen-bond acceptors (Lipinski definition) is 3. The first-order valence-electron chi connectivity index (χ1n) is 6.63. The first-order valence-corrected chi connectivity index (χ1v) is 7.00. The van der Waals surface area contributed by atoms with Gasteiger partial charge >= 0.3 is 0 Å². The molecule has 0 aromatic heterocycles. The average Bonchev–Trinajstić information content (AvgIpc) is 2.48. The van der Waals surface area contributed by atoms with Gasteiger partial charge < -0.3 is 10.5 Å². The van der Waals surface area contributed by atoms with Crippen molar-refractivity contribution < 1.29 is 9.53 Å². The van der Waals surface area contributed by atoms with Gasteiger partial charge in [-0.05, 0) is 23.8 Å².